The van der Waals surface area contributed by atoms with Gasteiger partial charge < -0.3 is 0 Å². The Bertz CT molecular complexity index is 422. The fourth-order valence-electron chi connectivity index (χ4n) is 1.62. The van der Waals surface area contributed by atoms with Crippen molar-refractivity contribution in [2.75, 3.05) is 0 Å². The van der Waals surface area contributed by atoms with Crippen molar-refractivity contribution in [1.82, 2.24) is 20.2 Å². The predicted octanol–water partition coefficient (Wildman–Crippen LogP) is 1.11. The van der Waals surface area contributed by atoms with Gasteiger partial charge in [0.05, 0.1) is 6.04 Å². The van der Waals surface area contributed by atoms with Gasteiger partial charge in [-0.3, -0.25) is 16.0 Å². The van der Waals surface area contributed by atoms with Crippen molar-refractivity contribution in [3.8, 4) is 0 Å². The Kier molecular flexibility index (Phi) is 3.66. The third-order valence-electron chi connectivity index (χ3n) is 2.47. The second-order valence-corrected chi connectivity index (χ2v) is 4.41. The number of nitrogens with one attached hydrogen (secondary N) is 1. The Morgan fingerprint density at radius 1 is 1.62 bits per heavy atom. The molecule has 1 atom stereocenters. The van der Waals surface area contributed by atoms with Gasteiger partial charge >= 0.3 is 0 Å². The Morgan fingerprint density at radius 2 is 2.50 bits per heavy atom. The summed E-state index contributed by atoms with van der Waals surface area (Å²) in [5.41, 5.74) is 2.82. The third-order valence-corrected chi connectivity index (χ3v) is 3.46. The van der Waals surface area contributed by atoms with Crippen molar-refractivity contribution in [3.05, 3.63) is 34.5 Å². The number of nitrogens with two attached hydrogens (primary N) is 1. The molecule has 2 aromatic heterocycles. The molecule has 0 aliphatic carbocycles. The highest BCUT2D eigenvalue weighted by atomic mass is 32.1. The highest BCUT2D eigenvalue weighted by molar-refractivity contribution is 7.10. The molecule has 0 aromatic carbocycles. The summed E-state index contributed by atoms with van der Waals surface area (Å²) in [5.74, 6) is 6.53. The molecule has 6 heteroatoms. The van der Waals surface area contributed by atoms with Crippen molar-refractivity contribution in [2.45, 2.75) is 25.9 Å². The molecule has 0 fully saturated rings. The van der Waals surface area contributed by atoms with E-state index >= 15 is 0 Å². The first-order valence-electron chi connectivity index (χ1n) is 5.21. The molecule has 0 bridgehead atoms. The zero-order valence-electron chi connectivity index (χ0n) is 9.13. The molecule has 0 radical (unpaired) electrons. The maximum absolute atomic E-state index is 5.57. The predicted molar refractivity (Wildman–Crippen MR) is 63.8 cm³/mol. The highest BCUT2D eigenvalue weighted by Gasteiger charge is 2.14. The van der Waals surface area contributed by atoms with Crippen molar-refractivity contribution < 1.29 is 0 Å². The van der Waals surface area contributed by atoms with Gasteiger partial charge in [-0.15, -0.1) is 11.3 Å². The molecule has 0 spiro atoms. The number of hydrogen-bond donors (Lipinski definition) is 2. The van der Waals surface area contributed by atoms with Gasteiger partial charge in [0.2, 0.25) is 0 Å². The lowest BCUT2D eigenvalue weighted by Crippen LogP contribution is -2.29. The molecule has 2 heterocycles. The SMILES string of the molecule is CCn1ncnc1CC(NN)c1cccs1. The summed E-state index contributed by atoms with van der Waals surface area (Å²) in [6.07, 6.45) is 2.34. The molecule has 3 N–H and O–H groups in total. The summed E-state index contributed by atoms with van der Waals surface area (Å²) in [5, 5.41) is 6.19. The van der Waals surface area contributed by atoms with Crippen LogP contribution in [0.15, 0.2) is 23.8 Å². The summed E-state index contributed by atoms with van der Waals surface area (Å²) in [7, 11) is 0. The van der Waals surface area contributed by atoms with Crippen LogP contribution in [0.5, 0.6) is 0 Å². The fourth-order valence-corrected chi connectivity index (χ4v) is 2.41. The molecule has 5 nitrogen and oxygen atoms in total. The largest absolute Gasteiger partial charge is 0.271 e. The number of hydrazine groups is 1. The first-order valence-corrected chi connectivity index (χ1v) is 6.09. The molecule has 0 saturated heterocycles. The van der Waals surface area contributed by atoms with E-state index in [2.05, 4.69) is 21.6 Å². The van der Waals surface area contributed by atoms with E-state index < -0.39 is 0 Å². The summed E-state index contributed by atoms with van der Waals surface area (Å²) < 4.78 is 1.89. The van der Waals surface area contributed by atoms with Gasteiger partial charge in [0, 0.05) is 17.8 Å². The summed E-state index contributed by atoms with van der Waals surface area (Å²) in [6, 6.07) is 4.20. The molecule has 86 valence electrons. The summed E-state index contributed by atoms with van der Waals surface area (Å²) >= 11 is 1.69. The number of hydrogen-bond acceptors (Lipinski definition) is 5. The van der Waals surface area contributed by atoms with Crippen LogP contribution in [0.2, 0.25) is 0 Å². The van der Waals surface area contributed by atoms with Crippen molar-refractivity contribution >= 4 is 11.3 Å². The third kappa shape index (κ3) is 2.29. The van der Waals surface area contributed by atoms with Gasteiger partial charge in [0.25, 0.3) is 0 Å². The van der Waals surface area contributed by atoms with Crippen LogP contribution >= 0.6 is 11.3 Å². The summed E-state index contributed by atoms with van der Waals surface area (Å²) in [4.78, 5) is 5.46. The maximum atomic E-state index is 5.57. The molecular weight excluding hydrogens is 222 g/mol. The second kappa shape index (κ2) is 5.20. The standard InChI is InChI=1S/C10H15N5S/c1-2-15-10(12-7-13-15)6-8(14-11)9-4-3-5-16-9/h3-5,7-8,14H,2,6,11H2,1H3. The molecule has 0 amide bonds. The quantitative estimate of drug-likeness (QED) is 0.603. The average molecular weight is 237 g/mol. The first kappa shape index (κ1) is 11.3. The van der Waals surface area contributed by atoms with Crippen molar-refractivity contribution in [1.29, 1.82) is 0 Å². The molecule has 2 rings (SSSR count). The highest BCUT2D eigenvalue weighted by Crippen LogP contribution is 2.21. The van der Waals surface area contributed by atoms with Crippen LogP contribution in [0.1, 0.15) is 23.7 Å². The van der Waals surface area contributed by atoms with Crippen LogP contribution in [0, 0.1) is 0 Å². The molecule has 1 unspecified atom stereocenters. The van der Waals surface area contributed by atoms with Crippen molar-refractivity contribution in [2.24, 2.45) is 5.84 Å². The van der Waals surface area contributed by atoms with Crippen LogP contribution in [0.3, 0.4) is 0 Å². The van der Waals surface area contributed by atoms with Crippen LogP contribution in [-0.4, -0.2) is 14.8 Å². The topological polar surface area (TPSA) is 68.8 Å². The number of thiophene rings is 1. The average Bonchev–Trinajstić information content (AvgIpc) is 2.96. The lowest BCUT2D eigenvalue weighted by Gasteiger charge is -2.13. The minimum atomic E-state index is 0.106. The molecule has 2 aromatic rings. The molecule has 0 aliphatic heterocycles. The van der Waals surface area contributed by atoms with Gasteiger partial charge in [0.15, 0.2) is 0 Å². The zero-order valence-corrected chi connectivity index (χ0v) is 9.94. The van der Waals surface area contributed by atoms with Gasteiger partial charge in [-0.1, -0.05) is 6.07 Å². The monoisotopic (exact) mass is 237 g/mol. The number of aryl methyl sites for hydroxylation is 1. The normalized spacial score (nSPS) is 12.9. The fraction of sp³-hybridized carbons (Fsp3) is 0.400. The minimum Gasteiger partial charge on any atom is -0.271 e. The van der Waals surface area contributed by atoms with Crippen LogP contribution in [0.25, 0.3) is 0 Å². The minimum absolute atomic E-state index is 0.106. The van der Waals surface area contributed by atoms with Gasteiger partial charge in [-0.2, -0.15) is 5.10 Å². The number of rotatable bonds is 5. The van der Waals surface area contributed by atoms with Gasteiger partial charge in [0.1, 0.15) is 12.2 Å². The smallest absolute Gasteiger partial charge is 0.138 e. The van der Waals surface area contributed by atoms with E-state index in [-0.39, 0.29) is 6.04 Å². The second-order valence-electron chi connectivity index (χ2n) is 3.43. The van der Waals surface area contributed by atoms with Crippen LogP contribution < -0.4 is 11.3 Å². The molecule has 0 saturated carbocycles. The van der Waals surface area contributed by atoms with Crippen molar-refractivity contribution in [3.63, 3.8) is 0 Å². The Hall–Kier alpha value is -1.24. The van der Waals surface area contributed by atoms with Gasteiger partial charge in [-0.25, -0.2) is 4.98 Å². The van der Waals surface area contributed by atoms with E-state index in [1.54, 1.807) is 17.7 Å². The van der Waals surface area contributed by atoms with E-state index in [4.69, 9.17) is 5.84 Å². The molecule has 16 heavy (non-hydrogen) atoms. The zero-order chi connectivity index (χ0) is 11.4. The summed E-state index contributed by atoms with van der Waals surface area (Å²) in [6.45, 7) is 2.88. The van der Waals surface area contributed by atoms with E-state index in [0.29, 0.717) is 0 Å². The van der Waals surface area contributed by atoms with Crippen LogP contribution in [-0.2, 0) is 13.0 Å². The maximum Gasteiger partial charge on any atom is 0.138 e. The lowest BCUT2D eigenvalue weighted by molar-refractivity contribution is 0.516. The lowest BCUT2D eigenvalue weighted by atomic mass is 10.2. The Morgan fingerprint density at radius 3 is 3.12 bits per heavy atom. The van der Waals surface area contributed by atoms with Gasteiger partial charge in [-0.05, 0) is 18.4 Å². The number of nitrogens with zero attached hydrogens (tertiary/aromatic N) is 3. The van der Waals surface area contributed by atoms with Crippen LogP contribution in [0.4, 0.5) is 0 Å². The van der Waals surface area contributed by atoms with E-state index in [9.17, 15) is 0 Å². The van der Waals surface area contributed by atoms with E-state index in [0.717, 1.165) is 18.8 Å². The Balaban J connectivity index is 2.13. The van der Waals surface area contributed by atoms with E-state index in [1.807, 2.05) is 23.1 Å². The van der Waals surface area contributed by atoms with E-state index in [1.165, 1.54) is 4.88 Å². The molecular formula is C10H15N5S. The molecule has 0 aliphatic rings. The Labute approximate surface area is 98.3 Å². The first-order chi connectivity index (χ1) is 7.85. The number of aromatic nitrogens is 3.